The molecule has 0 aliphatic carbocycles. The lowest BCUT2D eigenvalue weighted by Gasteiger charge is -2.34. The molecule has 1 N–H and O–H groups in total. The molecule has 1 aliphatic heterocycles. The molecule has 1 fully saturated rings. The van der Waals surface area contributed by atoms with Crippen LogP contribution < -0.4 is 4.72 Å². The Morgan fingerprint density at radius 1 is 1.19 bits per heavy atom. The van der Waals surface area contributed by atoms with E-state index in [1.165, 1.54) is 18.2 Å². The topological polar surface area (TPSA) is 92.8 Å². The first-order chi connectivity index (χ1) is 12.6. The van der Waals surface area contributed by atoms with Gasteiger partial charge in [0.2, 0.25) is 10.0 Å². The van der Waals surface area contributed by atoms with Crippen molar-refractivity contribution in [3.8, 4) is 0 Å². The third kappa shape index (κ3) is 6.34. The lowest BCUT2D eigenvalue weighted by molar-refractivity contribution is -0.152. The van der Waals surface area contributed by atoms with Crippen LogP contribution in [0.4, 0.5) is 0 Å². The smallest absolute Gasteiger partial charge is 0.321 e. The summed E-state index contributed by atoms with van der Waals surface area (Å²) in [6.45, 7) is 4.39. The van der Waals surface area contributed by atoms with E-state index in [0.717, 1.165) is 6.42 Å². The summed E-state index contributed by atoms with van der Waals surface area (Å²) in [6, 6.07) is 3.79. The normalized spacial score (nSPS) is 20.4. The van der Waals surface area contributed by atoms with E-state index < -0.39 is 29.1 Å². The highest BCUT2D eigenvalue weighted by Crippen LogP contribution is 2.24. The van der Waals surface area contributed by atoms with Gasteiger partial charge < -0.3 is 9.64 Å². The van der Waals surface area contributed by atoms with Gasteiger partial charge in [-0.3, -0.25) is 9.59 Å². The van der Waals surface area contributed by atoms with E-state index in [1.54, 1.807) is 4.90 Å². The van der Waals surface area contributed by atoms with Crippen LogP contribution in [-0.4, -0.2) is 51.4 Å². The molecule has 2 atom stereocenters. The van der Waals surface area contributed by atoms with E-state index in [-0.39, 0.29) is 20.8 Å². The lowest BCUT2D eigenvalue weighted by Crippen LogP contribution is -2.44. The molecule has 1 saturated heterocycles. The molecule has 1 aromatic rings. The van der Waals surface area contributed by atoms with E-state index in [0.29, 0.717) is 24.9 Å². The fourth-order valence-electron chi connectivity index (χ4n) is 3.03. The highest BCUT2D eigenvalue weighted by Gasteiger charge is 2.26. The van der Waals surface area contributed by atoms with Gasteiger partial charge in [-0.15, -0.1) is 0 Å². The zero-order chi connectivity index (χ0) is 20.2. The van der Waals surface area contributed by atoms with Crippen LogP contribution >= 0.6 is 23.2 Å². The molecule has 7 nitrogen and oxygen atoms in total. The lowest BCUT2D eigenvalue weighted by atomic mass is 9.92. The third-order valence-electron chi connectivity index (χ3n) is 4.19. The number of benzene rings is 1. The molecule has 1 amide bonds. The van der Waals surface area contributed by atoms with Gasteiger partial charge in [-0.1, -0.05) is 37.0 Å². The van der Waals surface area contributed by atoms with Crippen LogP contribution in [0.15, 0.2) is 23.1 Å². The molecule has 0 bridgehead atoms. The molecule has 10 heteroatoms. The number of likely N-dealkylation sites (tertiary alicyclic amines) is 1. The predicted octanol–water partition coefficient (Wildman–Crippen LogP) is 2.32. The third-order valence-corrected chi connectivity index (χ3v) is 6.32. The van der Waals surface area contributed by atoms with Gasteiger partial charge in [0, 0.05) is 13.1 Å². The SMILES string of the molecule is CC1CC(C)CN(C(=O)COC(=O)CNS(=O)(=O)c2ccc(Cl)c(Cl)c2)C1. The summed E-state index contributed by atoms with van der Waals surface area (Å²) in [6.07, 6.45) is 1.06. The monoisotopic (exact) mass is 436 g/mol. The summed E-state index contributed by atoms with van der Waals surface area (Å²) in [5.41, 5.74) is 0. The Morgan fingerprint density at radius 3 is 2.41 bits per heavy atom. The van der Waals surface area contributed by atoms with Crippen LogP contribution in [0.2, 0.25) is 10.0 Å². The molecule has 1 heterocycles. The average Bonchev–Trinajstić information content (AvgIpc) is 2.59. The highest BCUT2D eigenvalue weighted by molar-refractivity contribution is 7.89. The van der Waals surface area contributed by atoms with E-state index >= 15 is 0 Å². The van der Waals surface area contributed by atoms with Crippen molar-refractivity contribution in [1.29, 1.82) is 0 Å². The summed E-state index contributed by atoms with van der Waals surface area (Å²) >= 11 is 11.6. The number of piperidine rings is 1. The van der Waals surface area contributed by atoms with Crippen molar-refractivity contribution in [2.24, 2.45) is 11.8 Å². The summed E-state index contributed by atoms with van der Waals surface area (Å²) in [7, 11) is -3.96. The van der Waals surface area contributed by atoms with E-state index in [4.69, 9.17) is 27.9 Å². The molecular weight excluding hydrogens is 415 g/mol. The highest BCUT2D eigenvalue weighted by atomic mass is 35.5. The van der Waals surface area contributed by atoms with Gasteiger partial charge in [0.25, 0.3) is 5.91 Å². The van der Waals surface area contributed by atoms with E-state index in [2.05, 4.69) is 18.6 Å². The van der Waals surface area contributed by atoms with Gasteiger partial charge in [-0.2, -0.15) is 4.72 Å². The van der Waals surface area contributed by atoms with Crippen LogP contribution in [0.3, 0.4) is 0 Å². The maximum Gasteiger partial charge on any atom is 0.321 e. The van der Waals surface area contributed by atoms with Gasteiger partial charge >= 0.3 is 5.97 Å². The Kier molecular flexibility index (Phi) is 7.50. The number of nitrogens with one attached hydrogen (secondary N) is 1. The van der Waals surface area contributed by atoms with Gasteiger partial charge in [0.05, 0.1) is 14.9 Å². The van der Waals surface area contributed by atoms with Crippen molar-refractivity contribution in [2.45, 2.75) is 25.2 Å². The first-order valence-corrected chi connectivity index (χ1v) is 10.7. The van der Waals surface area contributed by atoms with Gasteiger partial charge in [-0.05, 0) is 36.5 Å². The minimum atomic E-state index is -3.96. The van der Waals surface area contributed by atoms with Gasteiger partial charge in [-0.25, -0.2) is 8.42 Å². The zero-order valence-electron chi connectivity index (χ0n) is 15.1. The van der Waals surface area contributed by atoms with Crippen molar-refractivity contribution in [1.82, 2.24) is 9.62 Å². The fraction of sp³-hybridized carbons (Fsp3) is 0.529. The number of sulfonamides is 1. The van der Waals surface area contributed by atoms with Gasteiger partial charge in [0.1, 0.15) is 6.54 Å². The number of rotatable bonds is 6. The number of carbonyl (C=O) groups excluding carboxylic acids is 2. The average molecular weight is 437 g/mol. The number of hydrogen-bond donors (Lipinski definition) is 1. The number of halogens is 2. The minimum Gasteiger partial charge on any atom is -0.455 e. The summed E-state index contributed by atoms with van der Waals surface area (Å²) < 4.78 is 31.3. The Balaban J connectivity index is 1.83. The number of carbonyl (C=O) groups is 2. The Hall–Kier alpha value is -1.35. The Morgan fingerprint density at radius 2 is 1.81 bits per heavy atom. The molecule has 0 radical (unpaired) electrons. The summed E-state index contributed by atoms with van der Waals surface area (Å²) in [4.78, 5) is 25.5. The number of ether oxygens (including phenoxy) is 1. The second-order valence-electron chi connectivity index (χ2n) is 6.81. The first-order valence-electron chi connectivity index (χ1n) is 8.46. The summed E-state index contributed by atoms with van der Waals surface area (Å²) in [5.74, 6) is -0.336. The van der Waals surface area contributed by atoms with E-state index in [1.807, 2.05) is 0 Å². The minimum absolute atomic E-state index is 0.0812. The second kappa shape index (κ2) is 9.23. The quantitative estimate of drug-likeness (QED) is 0.690. The maximum atomic E-state index is 12.2. The Labute approximate surface area is 169 Å². The molecule has 2 rings (SSSR count). The Bertz CT molecular complexity index is 806. The summed E-state index contributed by atoms with van der Waals surface area (Å²) in [5, 5.41) is 0.299. The van der Waals surface area contributed by atoms with Crippen LogP contribution in [-0.2, 0) is 24.3 Å². The first kappa shape index (κ1) is 21.9. The number of amides is 1. The van der Waals surface area contributed by atoms with Crippen molar-refractivity contribution in [3.05, 3.63) is 28.2 Å². The predicted molar refractivity (Wildman–Crippen MR) is 102 cm³/mol. The molecular formula is C17H22Cl2N2O5S. The van der Waals surface area contributed by atoms with Gasteiger partial charge in [0.15, 0.2) is 6.61 Å². The molecule has 1 aliphatic rings. The molecule has 2 unspecified atom stereocenters. The van der Waals surface area contributed by atoms with Crippen molar-refractivity contribution < 1.29 is 22.7 Å². The molecule has 0 saturated carbocycles. The zero-order valence-corrected chi connectivity index (χ0v) is 17.4. The van der Waals surface area contributed by atoms with Crippen LogP contribution in [0.25, 0.3) is 0 Å². The largest absolute Gasteiger partial charge is 0.455 e. The standard InChI is InChI=1S/C17H22Cl2N2O5S/c1-11-5-12(2)9-21(8-11)16(22)10-26-17(23)7-20-27(24,25)13-3-4-14(18)15(19)6-13/h3-4,6,11-12,20H,5,7-10H2,1-2H3. The molecule has 27 heavy (non-hydrogen) atoms. The van der Waals surface area contributed by atoms with Crippen LogP contribution in [0.5, 0.6) is 0 Å². The fourth-order valence-corrected chi connectivity index (χ4v) is 4.39. The molecule has 0 aromatic heterocycles. The molecule has 150 valence electrons. The second-order valence-corrected chi connectivity index (χ2v) is 9.39. The number of nitrogens with zero attached hydrogens (tertiary/aromatic N) is 1. The molecule has 1 aromatic carbocycles. The maximum absolute atomic E-state index is 12.2. The molecule has 0 spiro atoms. The van der Waals surface area contributed by atoms with Crippen LogP contribution in [0.1, 0.15) is 20.3 Å². The van der Waals surface area contributed by atoms with Crippen LogP contribution in [0, 0.1) is 11.8 Å². The van der Waals surface area contributed by atoms with Crippen molar-refractivity contribution >= 4 is 45.1 Å². The van der Waals surface area contributed by atoms with Crippen molar-refractivity contribution in [2.75, 3.05) is 26.2 Å². The van der Waals surface area contributed by atoms with E-state index in [9.17, 15) is 18.0 Å². The van der Waals surface area contributed by atoms with Crippen molar-refractivity contribution in [3.63, 3.8) is 0 Å². The number of hydrogen-bond acceptors (Lipinski definition) is 5. The number of esters is 1.